The maximum absolute atomic E-state index is 5.83. The van der Waals surface area contributed by atoms with Crippen molar-refractivity contribution >= 4 is 17.4 Å². The van der Waals surface area contributed by atoms with Crippen LogP contribution in [-0.4, -0.2) is 43.1 Å². The summed E-state index contributed by atoms with van der Waals surface area (Å²) in [6.45, 7) is 3.83. The molecule has 0 aliphatic rings. The minimum Gasteiger partial charge on any atom is -0.490 e. The Morgan fingerprint density at radius 3 is 2.72 bits per heavy atom. The van der Waals surface area contributed by atoms with Gasteiger partial charge in [0.15, 0.2) is 0 Å². The molecule has 0 heterocycles. The van der Waals surface area contributed by atoms with Crippen molar-refractivity contribution in [2.75, 3.05) is 37.9 Å². The first-order valence-electron chi connectivity index (χ1n) is 6.35. The van der Waals surface area contributed by atoms with Crippen molar-refractivity contribution in [3.8, 4) is 5.75 Å². The molecule has 1 atom stereocenters. The molecule has 0 aliphatic carbocycles. The number of likely N-dealkylation sites (N-methyl/N-ethyl adjacent to an activating group) is 1. The molecule has 0 saturated heterocycles. The van der Waals surface area contributed by atoms with Crippen LogP contribution in [0, 0.1) is 0 Å². The first-order valence-corrected chi connectivity index (χ1v) is 7.74. The summed E-state index contributed by atoms with van der Waals surface area (Å²) >= 11 is 1.89. The summed E-state index contributed by atoms with van der Waals surface area (Å²) in [5, 5.41) is 0. The van der Waals surface area contributed by atoms with Crippen LogP contribution < -0.4 is 10.5 Å². The Bertz CT molecular complexity index is 346. The third kappa shape index (κ3) is 4.78. The van der Waals surface area contributed by atoms with Gasteiger partial charge in [0.05, 0.1) is 5.69 Å². The van der Waals surface area contributed by atoms with E-state index in [9.17, 15) is 0 Å². The van der Waals surface area contributed by atoms with E-state index in [0.717, 1.165) is 12.3 Å². The smallest absolute Gasteiger partial charge is 0.142 e. The molecule has 3 nitrogen and oxygen atoms in total. The molecule has 0 spiro atoms. The van der Waals surface area contributed by atoms with Crippen LogP contribution in [0.4, 0.5) is 5.69 Å². The van der Waals surface area contributed by atoms with Gasteiger partial charge in [-0.25, -0.2) is 0 Å². The molecule has 2 N–H and O–H groups in total. The molecule has 0 saturated carbocycles. The summed E-state index contributed by atoms with van der Waals surface area (Å²) in [5.41, 5.74) is 6.53. The second kappa shape index (κ2) is 8.27. The fourth-order valence-corrected chi connectivity index (χ4v) is 2.72. The predicted octanol–water partition coefficient (Wildman–Crippen LogP) is 2.72. The molecule has 18 heavy (non-hydrogen) atoms. The van der Waals surface area contributed by atoms with E-state index in [1.807, 2.05) is 36.0 Å². The number of rotatable bonds is 8. The van der Waals surface area contributed by atoms with Crippen LogP contribution in [0.3, 0.4) is 0 Å². The van der Waals surface area contributed by atoms with Gasteiger partial charge in [0.2, 0.25) is 0 Å². The molecule has 102 valence electrons. The Hall–Kier alpha value is -0.870. The van der Waals surface area contributed by atoms with Crippen molar-refractivity contribution in [2.45, 2.75) is 19.4 Å². The van der Waals surface area contributed by atoms with Gasteiger partial charge in [-0.2, -0.15) is 11.8 Å². The van der Waals surface area contributed by atoms with Crippen molar-refractivity contribution < 1.29 is 4.74 Å². The summed E-state index contributed by atoms with van der Waals surface area (Å²) in [4.78, 5) is 2.36. The van der Waals surface area contributed by atoms with Crippen molar-refractivity contribution in [3.63, 3.8) is 0 Å². The summed E-state index contributed by atoms with van der Waals surface area (Å²) in [6, 6.07) is 8.25. The number of hydrogen-bond donors (Lipinski definition) is 1. The van der Waals surface area contributed by atoms with Crippen LogP contribution in [-0.2, 0) is 0 Å². The topological polar surface area (TPSA) is 38.5 Å². The lowest BCUT2D eigenvalue weighted by atomic mass is 10.2. The Kier molecular flexibility index (Phi) is 6.98. The van der Waals surface area contributed by atoms with Gasteiger partial charge in [0.1, 0.15) is 12.4 Å². The van der Waals surface area contributed by atoms with Crippen molar-refractivity contribution in [3.05, 3.63) is 24.3 Å². The minimum atomic E-state index is 0.622. The highest BCUT2D eigenvalue weighted by molar-refractivity contribution is 7.98. The van der Waals surface area contributed by atoms with Gasteiger partial charge in [-0.15, -0.1) is 0 Å². The lowest BCUT2D eigenvalue weighted by Crippen LogP contribution is -2.36. The predicted molar refractivity (Wildman–Crippen MR) is 81.4 cm³/mol. The van der Waals surface area contributed by atoms with E-state index >= 15 is 0 Å². The van der Waals surface area contributed by atoms with E-state index in [-0.39, 0.29) is 0 Å². The number of nitrogens with zero attached hydrogens (tertiary/aromatic N) is 1. The zero-order chi connectivity index (χ0) is 13.4. The molecule has 0 bridgehead atoms. The van der Waals surface area contributed by atoms with Gasteiger partial charge in [0, 0.05) is 18.3 Å². The molecule has 1 aromatic carbocycles. The SMILES string of the molecule is CCC(CSC)N(C)CCOc1ccccc1N. The van der Waals surface area contributed by atoms with Crippen molar-refractivity contribution in [1.29, 1.82) is 0 Å². The molecular weight excluding hydrogens is 244 g/mol. The number of para-hydroxylation sites is 2. The lowest BCUT2D eigenvalue weighted by Gasteiger charge is -2.26. The molecule has 0 radical (unpaired) electrons. The van der Waals surface area contributed by atoms with Crippen LogP contribution in [0.15, 0.2) is 24.3 Å². The van der Waals surface area contributed by atoms with E-state index in [4.69, 9.17) is 10.5 Å². The first-order chi connectivity index (χ1) is 8.69. The standard InChI is InChI=1S/C14H24N2OS/c1-4-12(11-18-3)16(2)9-10-17-14-8-6-5-7-13(14)15/h5-8,12H,4,9-11,15H2,1-3H3. The largest absolute Gasteiger partial charge is 0.490 e. The van der Waals surface area contributed by atoms with Crippen molar-refractivity contribution in [2.24, 2.45) is 0 Å². The van der Waals surface area contributed by atoms with Gasteiger partial charge in [-0.3, -0.25) is 4.90 Å². The van der Waals surface area contributed by atoms with Crippen LogP contribution in [0.1, 0.15) is 13.3 Å². The van der Waals surface area contributed by atoms with Gasteiger partial charge >= 0.3 is 0 Å². The Morgan fingerprint density at radius 2 is 2.11 bits per heavy atom. The van der Waals surface area contributed by atoms with E-state index in [0.29, 0.717) is 18.3 Å². The van der Waals surface area contributed by atoms with Gasteiger partial charge < -0.3 is 10.5 Å². The number of nitrogens with two attached hydrogens (primary N) is 1. The van der Waals surface area contributed by atoms with Gasteiger partial charge in [-0.1, -0.05) is 19.1 Å². The monoisotopic (exact) mass is 268 g/mol. The number of ether oxygens (including phenoxy) is 1. The number of hydrogen-bond acceptors (Lipinski definition) is 4. The Balaban J connectivity index is 2.35. The zero-order valence-corrected chi connectivity index (χ0v) is 12.4. The summed E-state index contributed by atoms with van der Waals surface area (Å²) < 4.78 is 5.71. The van der Waals surface area contributed by atoms with Crippen LogP contribution in [0.5, 0.6) is 5.75 Å². The number of thioether (sulfide) groups is 1. The molecule has 0 aromatic heterocycles. The van der Waals surface area contributed by atoms with E-state index in [2.05, 4.69) is 25.1 Å². The third-order valence-electron chi connectivity index (χ3n) is 3.07. The highest BCUT2D eigenvalue weighted by atomic mass is 32.2. The maximum Gasteiger partial charge on any atom is 0.142 e. The number of anilines is 1. The first kappa shape index (κ1) is 15.2. The van der Waals surface area contributed by atoms with Gasteiger partial charge in [0.25, 0.3) is 0 Å². The molecule has 1 aromatic rings. The lowest BCUT2D eigenvalue weighted by molar-refractivity contribution is 0.199. The molecule has 0 aliphatic heterocycles. The third-order valence-corrected chi connectivity index (χ3v) is 3.79. The fraction of sp³-hybridized carbons (Fsp3) is 0.571. The molecular formula is C14H24N2OS. The highest BCUT2D eigenvalue weighted by Gasteiger charge is 2.11. The van der Waals surface area contributed by atoms with E-state index < -0.39 is 0 Å². The Morgan fingerprint density at radius 1 is 1.39 bits per heavy atom. The van der Waals surface area contributed by atoms with Crippen LogP contribution in [0.25, 0.3) is 0 Å². The Labute approximate surface area is 115 Å². The molecule has 4 heteroatoms. The molecule has 0 amide bonds. The maximum atomic E-state index is 5.83. The number of nitrogen functional groups attached to an aromatic ring is 1. The second-order valence-corrected chi connectivity index (χ2v) is 5.29. The average molecular weight is 268 g/mol. The van der Waals surface area contributed by atoms with Crippen LogP contribution >= 0.6 is 11.8 Å². The summed E-state index contributed by atoms with van der Waals surface area (Å²) in [5.74, 6) is 1.95. The zero-order valence-electron chi connectivity index (χ0n) is 11.6. The van der Waals surface area contributed by atoms with Crippen LogP contribution in [0.2, 0.25) is 0 Å². The van der Waals surface area contributed by atoms with Gasteiger partial charge in [-0.05, 0) is 31.9 Å². The average Bonchev–Trinajstić information content (AvgIpc) is 2.38. The normalized spacial score (nSPS) is 12.7. The second-order valence-electron chi connectivity index (χ2n) is 4.38. The summed E-state index contributed by atoms with van der Waals surface area (Å²) in [6.07, 6.45) is 3.32. The highest BCUT2D eigenvalue weighted by Crippen LogP contribution is 2.19. The fourth-order valence-electron chi connectivity index (χ4n) is 1.84. The molecule has 1 rings (SSSR count). The molecule has 0 fully saturated rings. The quantitative estimate of drug-likeness (QED) is 0.736. The minimum absolute atomic E-state index is 0.622. The van der Waals surface area contributed by atoms with E-state index in [1.54, 1.807) is 0 Å². The number of benzene rings is 1. The van der Waals surface area contributed by atoms with Crippen molar-refractivity contribution in [1.82, 2.24) is 4.90 Å². The summed E-state index contributed by atoms with van der Waals surface area (Å²) in [7, 11) is 2.15. The molecule has 1 unspecified atom stereocenters. The van der Waals surface area contributed by atoms with E-state index in [1.165, 1.54) is 12.2 Å².